The maximum atomic E-state index is 5.87. The van der Waals surface area contributed by atoms with Crippen molar-refractivity contribution in [3.8, 4) is 5.75 Å². The van der Waals surface area contributed by atoms with Gasteiger partial charge in [0.15, 0.2) is 0 Å². The average Bonchev–Trinajstić information content (AvgIpc) is 2.20. The highest BCUT2D eigenvalue weighted by molar-refractivity contribution is 5.36. The Labute approximate surface area is 92.6 Å². The number of nitrogens with one attached hydrogen (secondary N) is 1. The van der Waals surface area contributed by atoms with E-state index < -0.39 is 0 Å². The molecule has 0 amide bonds. The van der Waals surface area contributed by atoms with E-state index in [-0.39, 0.29) is 6.10 Å². The fourth-order valence-electron chi connectivity index (χ4n) is 1.44. The van der Waals surface area contributed by atoms with Crippen LogP contribution in [0.2, 0.25) is 0 Å². The molecule has 0 fully saturated rings. The second-order valence-corrected chi connectivity index (χ2v) is 4.01. The van der Waals surface area contributed by atoms with E-state index in [0.29, 0.717) is 0 Å². The Kier molecular flexibility index (Phi) is 4.63. The normalized spacial score (nSPS) is 12.5. The molecule has 0 unspecified atom stereocenters. The largest absolute Gasteiger partial charge is 0.489 e. The minimum absolute atomic E-state index is 0.213. The average molecular weight is 207 g/mol. The van der Waals surface area contributed by atoms with Crippen molar-refractivity contribution in [2.24, 2.45) is 0 Å². The standard InChI is InChI=1S/C13H21NO/c1-5-14-9-12(4)15-13-8-10(2)6-7-11(13)3/h6-8,12,14H,5,9H2,1-4H3/t12-/m1/s1. The minimum Gasteiger partial charge on any atom is -0.489 e. The van der Waals surface area contributed by atoms with Crippen molar-refractivity contribution in [3.63, 3.8) is 0 Å². The van der Waals surface area contributed by atoms with Crippen LogP contribution in [0.25, 0.3) is 0 Å². The van der Waals surface area contributed by atoms with Gasteiger partial charge in [-0.15, -0.1) is 0 Å². The molecule has 0 spiro atoms. The van der Waals surface area contributed by atoms with Gasteiger partial charge in [0.2, 0.25) is 0 Å². The first-order chi connectivity index (χ1) is 7.13. The Morgan fingerprint density at radius 1 is 1.33 bits per heavy atom. The van der Waals surface area contributed by atoms with Gasteiger partial charge in [-0.2, -0.15) is 0 Å². The molecule has 0 aliphatic carbocycles. The van der Waals surface area contributed by atoms with Crippen LogP contribution in [0.15, 0.2) is 18.2 Å². The van der Waals surface area contributed by atoms with Gasteiger partial charge in [0, 0.05) is 6.54 Å². The summed E-state index contributed by atoms with van der Waals surface area (Å²) in [6.07, 6.45) is 0.213. The van der Waals surface area contributed by atoms with Crippen molar-refractivity contribution in [2.75, 3.05) is 13.1 Å². The molecule has 0 heterocycles. The van der Waals surface area contributed by atoms with Gasteiger partial charge in [0.1, 0.15) is 11.9 Å². The van der Waals surface area contributed by atoms with Crippen LogP contribution in [0.4, 0.5) is 0 Å². The van der Waals surface area contributed by atoms with E-state index in [0.717, 1.165) is 18.8 Å². The maximum Gasteiger partial charge on any atom is 0.122 e. The maximum absolute atomic E-state index is 5.87. The van der Waals surface area contributed by atoms with E-state index in [9.17, 15) is 0 Å². The molecule has 0 saturated carbocycles. The van der Waals surface area contributed by atoms with E-state index in [4.69, 9.17) is 4.74 Å². The lowest BCUT2D eigenvalue weighted by atomic mass is 10.1. The van der Waals surface area contributed by atoms with Crippen molar-refractivity contribution in [1.29, 1.82) is 0 Å². The van der Waals surface area contributed by atoms with Gasteiger partial charge in [0.25, 0.3) is 0 Å². The summed E-state index contributed by atoms with van der Waals surface area (Å²) in [5.41, 5.74) is 2.44. The molecule has 1 aromatic rings. The molecule has 0 radical (unpaired) electrons. The number of rotatable bonds is 5. The zero-order valence-corrected chi connectivity index (χ0v) is 10.1. The third-order valence-corrected chi connectivity index (χ3v) is 2.35. The number of benzene rings is 1. The highest BCUT2D eigenvalue weighted by Gasteiger charge is 2.05. The summed E-state index contributed by atoms with van der Waals surface area (Å²) in [7, 11) is 0. The summed E-state index contributed by atoms with van der Waals surface area (Å²) in [5.74, 6) is 1.00. The molecule has 0 aliphatic heterocycles. The van der Waals surface area contributed by atoms with Crippen LogP contribution >= 0.6 is 0 Å². The molecular formula is C13H21NO. The van der Waals surface area contributed by atoms with Crippen molar-refractivity contribution in [3.05, 3.63) is 29.3 Å². The number of hydrogen-bond donors (Lipinski definition) is 1. The second kappa shape index (κ2) is 5.76. The van der Waals surface area contributed by atoms with Crippen molar-refractivity contribution < 1.29 is 4.74 Å². The predicted molar refractivity (Wildman–Crippen MR) is 64.5 cm³/mol. The van der Waals surface area contributed by atoms with Gasteiger partial charge < -0.3 is 10.1 Å². The molecular weight excluding hydrogens is 186 g/mol. The van der Waals surface area contributed by atoms with Crippen molar-refractivity contribution >= 4 is 0 Å². The summed E-state index contributed by atoms with van der Waals surface area (Å²) in [5, 5.41) is 3.28. The number of ether oxygens (including phenoxy) is 1. The Balaban J connectivity index is 2.59. The van der Waals surface area contributed by atoms with E-state index >= 15 is 0 Å². The number of hydrogen-bond acceptors (Lipinski definition) is 2. The van der Waals surface area contributed by atoms with E-state index in [2.05, 4.69) is 51.2 Å². The Hall–Kier alpha value is -1.02. The van der Waals surface area contributed by atoms with Crippen LogP contribution < -0.4 is 10.1 Å². The molecule has 1 rings (SSSR count). The van der Waals surface area contributed by atoms with Crippen molar-refractivity contribution in [2.45, 2.75) is 33.8 Å². The lowest BCUT2D eigenvalue weighted by Crippen LogP contribution is -2.28. The van der Waals surface area contributed by atoms with Crippen LogP contribution in [-0.2, 0) is 0 Å². The summed E-state index contributed by atoms with van der Waals surface area (Å²) >= 11 is 0. The summed E-state index contributed by atoms with van der Waals surface area (Å²) < 4.78 is 5.87. The zero-order chi connectivity index (χ0) is 11.3. The fourth-order valence-corrected chi connectivity index (χ4v) is 1.44. The first-order valence-corrected chi connectivity index (χ1v) is 5.58. The molecule has 2 nitrogen and oxygen atoms in total. The monoisotopic (exact) mass is 207 g/mol. The smallest absolute Gasteiger partial charge is 0.122 e. The van der Waals surface area contributed by atoms with Gasteiger partial charge in [-0.1, -0.05) is 19.1 Å². The Bertz CT molecular complexity index is 309. The van der Waals surface area contributed by atoms with Crippen LogP contribution in [0.1, 0.15) is 25.0 Å². The van der Waals surface area contributed by atoms with Crippen molar-refractivity contribution in [1.82, 2.24) is 5.32 Å². The molecule has 84 valence electrons. The topological polar surface area (TPSA) is 21.3 Å². The zero-order valence-electron chi connectivity index (χ0n) is 10.1. The molecule has 0 bridgehead atoms. The van der Waals surface area contributed by atoms with E-state index in [1.54, 1.807) is 0 Å². The fraction of sp³-hybridized carbons (Fsp3) is 0.538. The number of likely N-dealkylation sites (N-methyl/N-ethyl adjacent to an activating group) is 1. The molecule has 2 heteroatoms. The van der Waals surface area contributed by atoms with Gasteiger partial charge in [-0.25, -0.2) is 0 Å². The lowest BCUT2D eigenvalue weighted by molar-refractivity contribution is 0.216. The Morgan fingerprint density at radius 3 is 2.73 bits per heavy atom. The highest BCUT2D eigenvalue weighted by atomic mass is 16.5. The third-order valence-electron chi connectivity index (χ3n) is 2.35. The SMILES string of the molecule is CCNC[C@@H](C)Oc1cc(C)ccc1C. The van der Waals surface area contributed by atoms with Crippen LogP contribution in [0, 0.1) is 13.8 Å². The minimum atomic E-state index is 0.213. The first-order valence-electron chi connectivity index (χ1n) is 5.58. The van der Waals surface area contributed by atoms with E-state index in [1.165, 1.54) is 11.1 Å². The molecule has 1 aromatic carbocycles. The van der Waals surface area contributed by atoms with Gasteiger partial charge in [0.05, 0.1) is 0 Å². The van der Waals surface area contributed by atoms with Crippen LogP contribution in [0.3, 0.4) is 0 Å². The van der Waals surface area contributed by atoms with Gasteiger partial charge in [-0.3, -0.25) is 0 Å². The molecule has 0 aromatic heterocycles. The molecule has 15 heavy (non-hydrogen) atoms. The van der Waals surface area contributed by atoms with Crippen LogP contribution in [0.5, 0.6) is 5.75 Å². The third kappa shape index (κ3) is 3.92. The summed E-state index contributed by atoms with van der Waals surface area (Å²) in [4.78, 5) is 0. The van der Waals surface area contributed by atoms with E-state index in [1.807, 2.05) is 0 Å². The first kappa shape index (κ1) is 12.1. The molecule has 0 aliphatic rings. The second-order valence-electron chi connectivity index (χ2n) is 4.01. The highest BCUT2D eigenvalue weighted by Crippen LogP contribution is 2.20. The van der Waals surface area contributed by atoms with Gasteiger partial charge >= 0.3 is 0 Å². The summed E-state index contributed by atoms with van der Waals surface area (Å²) in [6, 6.07) is 6.31. The predicted octanol–water partition coefficient (Wildman–Crippen LogP) is 2.68. The lowest BCUT2D eigenvalue weighted by Gasteiger charge is -2.17. The molecule has 0 saturated heterocycles. The molecule has 1 N–H and O–H groups in total. The quantitative estimate of drug-likeness (QED) is 0.801. The molecule has 1 atom stereocenters. The summed E-state index contributed by atoms with van der Waals surface area (Å²) in [6.45, 7) is 10.2. The Morgan fingerprint density at radius 2 is 2.07 bits per heavy atom. The number of aryl methyl sites for hydroxylation is 2. The van der Waals surface area contributed by atoms with Crippen LogP contribution in [-0.4, -0.2) is 19.2 Å². The van der Waals surface area contributed by atoms with Gasteiger partial charge in [-0.05, 0) is 44.5 Å².